The van der Waals surface area contributed by atoms with Crippen LogP contribution in [0.4, 0.5) is 4.79 Å². The summed E-state index contributed by atoms with van der Waals surface area (Å²) in [5.74, 6) is -0.559. The van der Waals surface area contributed by atoms with Crippen molar-refractivity contribution in [3.63, 3.8) is 0 Å². The molecule has 1 unspecified atom stereocenters. The van der Waals surface area contributed by atoms with Gasteiger partial charge in [-0.05, 0) is 31.6 Å². The molecular weight excluding hydrogens is 453 g/mol. The lowest BCUT2D eigenvalue weighted by Gasteiger charge is -2.37. The zero-order valence-electron chi connectivity index (χ0n) is 17.7. The second-order valence-electron chi connectivity index (χ2n) is 7.67. The maximum atomic E-state index is 12.9. The second-order valence-corrected chi connectivity index (χ2v) is 8.71. The molecule has 0 bridgehead atoms. The average molecular weight is 478 g/mol. The van der Waals surface area contributed by atoms with Gasteiger partial charge in [0.15, 0.2) is 0 Å². The van der Waals surface area contributed by atoms with E-state index < -0.39 is 17.5 Å². The van der Waals surface area contributed by atoms with E-state index in [1.54, 1.807) is 42.3 Å². The van der Waals surface area contributed by atoms with Crippen molar-refractivity contribution in [1.82, 2.24) is 25.4 Å². The maximum Gasteiger partial charge on any atom is 0.322 e. The Balaban J connectivity index is 1.59. The van der Waals surface area contributed by atoms with Crippen LogP contribution >= 0.6 is 23.2 Å². The highest BCUT2D eigenvalue weighted by Gasteiger charge is 2.48. The summed E-state index contributed by atoms with van der Waals surface area (Å²) < 4.78 is 0. The van der Waals surface area contributed by atoms with Crippen molar-refractivity contribution in [2.45, 2.75) is 25.3 Å². The number of carbonyl (C=O) groups excluding carboxylic acids is 3. The van der Waals surface area contributed by atoms with E-state index in [0.717, 1.165) is 5.70 Å². The molecule has 2 fully saturated rings. The first-order chi connectivity index (χ1) is 15.2. The van der Waals surface area contributed by atoms with Crippen LogP contribution in [0.15, 0.2) is 59.0 Å². The lowest BCUT2D eigenvalue weighted by molar-refractivity contribution is -0.133. The fourth-order valence-corrected chi connectivity index (χ4v) is 4.27. The molecule has 2 aliphatic rings. The molecule has 0 aliphatic carbocycles. The van der Waals surface area contributed by atoms with Crippen molar-refractivity contribution >= 4 is 41.0 Å². The van der Waals surface area contributed by atoms with Gasteiger partial charge in [-0.25, -0.2) is 4.79 Å². The zero-order chi connectivity index (χ0) is 23.3. The molecule has 3 heterocycles. The highest BCUT2D eigenvalue weighted by atomic mass is 35.5. The minimum absolute atomic E-state index is 0.0817. The predicted molar refractivity (Wildman–Crippen MR) is 123 cm³/mol. The Morgan fingerprint density at radius 1 is 1.22 bits per heavy atom. The number of pyridine rings is 1. The standard InChI is InChI=1S/C22H25Cl2N5O3/c1-15(23)12-18(24)13-16(2)28-8-10-29(11-9-28)19(30)5-6-22(17-4-3-7-25-14-17)20(31)26-21(32)27-22/h3-4,7,12-14H,2,5-6,8-11H2,1H3,(H2,26,27,31,32)/b15-12+,18-13+. The Bertz CT molecular complexity index is 967. The summed E-state index contributed by atoms with van der Waals surface area (Å²) in [4.78, 5) is 45.1. The van der Waals surface area contributed by atoms with Gasteiger partial charge in [0.1, 0.15) is 5.54 Å². The Labute approximate surface area is 196 Å². The van der Waals surface area contributed by atoms with E-state index in [4.69, 9.17) is 23.2 Å². The molecule has 0 aromatic carbocycles. The number of allylic oxidation sites excluding steroid dienone is 4. The summed E-state index contributed by atoms with van der Waals surface area (Å²) in [5.41, 5.74) is -0.00786. The third-order valence-corrected chi connectivity index (χ3v) is 5.82. The van der Waals surface area contributed by atoms with Crippen molar-refractivity contribution in [3.8, 4) is 0 Å². The number of hydrogen-bond donors (Lipinski definition) is 2. The van der Waals surface area contributed by atoms with Gasteiger partial charge in [-0.1, -0.05) is 35.8 Å². The van der Waals surface area contributed by atoms with Crippen LogP contribution in [-0.4, -0.2) is 58.8 Å². The number of nitrogens with one attached hydrogen (secondary N) is 2. The Hall–Kier alpha value is -2.84. The predicted octanol–water partition coefficient (Wildman–Crippen LogP) is 2.82. The van der Waals surface area contributed by atoms with Crippen LogP contribution in [0.2, 0.25) is 0 Å². The molecule has 1 atom stereocenters. The topological polar surface area (TPSA) is 94.6 Å². The molecule has 0 spiro atoms. The molecule has 1 aromatic rings. The molecule has 10 heteroatoms. The second kappa shape index (κ2) is 10.2. The number of halogens is 2. The number of rotatable bonds is 7. The lowest BCUT2D eigenvalue weighted by atomic mass is 9.86. The average Bonchev–Trinajstić information content (AvgIpc) is 3.06. The first-order valence-electron chi connectivity index (χ1n) is 10.2. The summed E-state index contributed by atoms with van der Waals surface area (Å²) in [7, 11) is 0. The summed E-state index contributed by atoms with van der Waals surface area (Å²) >= 11 is 12.0. The number of piperazine rings is 1. The third-order valence-electron chi connectivity index (χ3n) is 5.49. The van der Waals surface area contributed by atoms with E-state index in [9.17, 15) is 14.4 Å². The number of amides is 4. The summed E-state index contributed by atoms with van der Waals surface area (Å²) in [6, 6.07) is 2.82. The zero-order valence-corrected chi connectivity index (χ0v) is 19.2. The first kappa shape index (κ1) is 23.8. The number of aromatic nitrogens is 1. The molecule has 170 valence electrons. The minimum atomic E-state index is -1.30. The van der Waals surface area contributed by atoms with Crippen LogP contribution in [-0.2, 0) is 15.1 Å². The molecule has 4 amide bonds. The number of nitrogens with zero attached hydrogens (tertiary/aromatic N) is 3. The van der Waals surface area contributed by atoms with Gasteiger partial charge >= 0.3 is 6.03 Å². The van der Waals surface area contributed by atoms with Gasteiger partial charge in [0, 0.05) is 66.3 Å². The van der Waals surface area contributed by atoms with Crippen LogP contribution in [0, 0.1) is 0 Å². The minimum Gasteiger partial charge on any atom is -0.368 e. The van der Waals surface area contributed by atoms with Crippen LogP contribution < -0.4 is 10.6 Å². The fraction of sp³-hybridized carbons (Fsp3) is 0.364. The van der Waals surface area contributed by atoms with Gasteiger partial charge in [-0.3, -0.25) is 19.9 Å². The van der Waals surface area contributed by atoms with Gasteiger partial charge in [-0.15, -0.1) is 0 Å². The van der Waals surface area contributed by atoms with Crippen molar-refractivity contribution in [2.24, 2.45) is 0 Å². The van der Waals surface area contributed by atoms with E-state index in [-0.39, 0.29) is 18.7 Å². The highest BCUT2D eigenvalue weighted by molar-refractivity contribution is 6.34. The van der Waals surface area contributed by atoms with Gasteiger partial charge in [0.25, 0.3) is 5.91 Å². The largest absolute Gasteiger partial charge is 0.368 e. The van der Waals surface area contributed by atoms with E-state index in [1.165, 1.54) is 6.20 Å². The molecule has 3 rings (SSSR count). The van der Waals surface area contributed by atoms with Crippen molar-refractivity contribution in [3.05, 3.63) is 64.6 Å². The summed E-state index contributed by atoms with van der Waals surface area (Å²) in [6.45, 7) is 8.04. The molecule has 2 saturated heterocycles. The van der Waals surface area contributed by atoms with Crippen molar-refractivity contribution in [1.29, 1.82) is 0 Å². The molecule has 2 N–H and O–H groups in total. The van der Waals surface area contributed by atoms with Crippen molar-refractivity contribution < 1.29 is 14.4 Å². The van der Waals surface area contributed by atoms with E-state index in [2.05, 4.69) is 22.2 Å². The van der Waals surface area contributed by atoms with Crippen LogP contribution in [0.1, 0.15) is 25.3 Å². The molecule has 2 aliphatic heterocycles. The summed E-state index contributed by atoms with van der Waals surface area (Å²) in [6.07, 6.45) is 6.74. The molecular formula is C22H25Cl2N5O3. The third kappa shape index (κ3) is 5.49. The highest BCUT2D eigenvalue weighted by Crippen LogP contribution is 2.30. The molecule has 0 radical (unpaired) electrons. The Morgan fingerprint density at radius 3 is 2.47 bits per heavy atom. The number of carbonyl (C=O) groups is 3. The first-order valence-corrected chi connectivity index (χ1v) is 10.9. The fourth-order valence-electron chi connectivity index (χ4n) is 3.81. The summed E-state index contributed by atoms with van der Waals surface area (Å²) in [5, 5.41) is 6.01. The Kier molecular flexibility index (Phi) is 7.58. The normalized spacial score (nSPS) is 22.0. The molecule has 32 heavy (non-hydrogen) atoms. The van der Waals surface area contributed by atoms with E-state index in [1.807, 2.05) is 4.90 Å². The van der Waals surface area contributed by atoms with E-state index in [0.29, 0.717) is 41.8 Å². The monoisotopic (exact) mass is 477 g/mol. The van der Waals surface area contributed by atoms with Gasteiger partial charge < -0.3 is 15.1 Å². The number of imide groups is 1. The lowest BCUT2D eigenvalue weighted by Crippen LogP contribution is -2.49. The number of urea groups is 1. The van der Waals surface area contributed by atoms with Gasteiger partial charge in [-0.2, -0.15) is 0 Å². The SMILES string of the molecule is C=C(/C=C(Cl)\C=C(/C)Cl)N1CCN(C(=O)CCC2(c3cccnc3)NC(=O)NC2=O)CC1. The smallest absolute Gasteiger partial charge is 0.322 e. The number of hydrogen-bond acceptors (Lipinski definition) is 5. The van der Waals surface area contributed by atoms with Crippen LogP contribution in [0.25, 0.3) is 0 Å². The Morgan fingerprint density at radius 2 is 1.91 bits per heavy atom. The molecule has 1 aromatic heterocycles. The molecule has 8 nitrogen and oxygen atoms in total. The van der Waals surface area contributed by atoms with Gasteiger partial charge in [0.2, 0.25) is 5.91 Å². The van der Waals surface area contributed by atoms with Crippen LogP contribution in [0.5, 0.6) is 0 Å². The van der Waals surface area contributed by atoms with Gasteiger partial charge in [0.05, 0.1) is 0 Å². The quantitative estimate of drug-likeness (QED) is 0.465. The van der Waals surface area contributed by atoms with Crippen LogP contribution in [0.3, 0.4) is 0 Å². The maximum absolute atomic E-state index is 12.9. The van der Waals surface area contributed by atoms with E-state index >= 15 is 0 Å². The van der Waals surface area contributed by atoms with Crippen molar-refractivity contribution in [2.75, 3.05) is 26.2 Å². The molecule has 0 saturated carbocycles.